The molecule has 3 atom stereocenters. The third-order valence-electron chi connectivity index (χ3n) is 7.24. The van der Waals surface area contributed by atoms with Crippen LogP contribution in [-0.4, -0.2) is 38.0 Å². The standard InChI is InChI=1S/C27H33NO6/c1-15-14-19-24(25(29)21(15)26(30)33-4)23(18-12-8-9-13-20(18)32-3)22(16(2)28-19)27(31)34-17-10-6-5-7-11-17/h8-9,12-13,15,17,21,23,28H,5-7,10-11,14H2,1-4H3/t15-,21+,23+/m1/s1. The number of methoxy groups -OCH3 is 2. The molecule has 0 aromatic heterocycles. The zero-order valence-corrected chi connectivity index (χ0v) is 20.3. The van der Waals surface area contributed by atoms with Crippen molar-refractivity contribution in [1.29, 1.82) is 0 Å². The van der Waals surface area contributed by atoms with Gasteiger partial charge in [-0.3, -0.25) is 9.59 Å². The van der Waals surface area contributed by atoms with E-state index in [9.17, 15) is 14.4 Å². The van der Waals surface area contributed by atoms with E-state index in [1.54, 1.807) is 7.11 Å². The van der Waals surface area contributed by atoms with E-state index in [1.165, 1.54) is 7.11 Å². The Hall–Kier alpha value is -3.09. The number of ether oxygens (including phenoxy) is 3. The SMILES string of the molecule is COC(=O)[C@@H]1C(=O)C2=C(C[C@H]1C)NC(C)=C(C(=O)OC1CCCCC1)[C@@H]2c1ccccc1OC. The number of para-hydroxylation sites is 1. The highest BCUT2D eigenvalue weighted by atomic mass is 16.5. The topological polar surface area (TPSA) is 90.9 Å². The first-order valence-corrected chi connectivity index (χ1v) is 12.0. The molecule has 0 unspecified atom stereocenters. The van der Waals surface area contributed by atoms with Crippen LogP contribution in [0, 0.1) is 11.8 Å². The molecule has 1 aromatic rings. The van der Waals surface area contributed by atoms with E-state index in [2.05, 4.69) is 5.32 Å². The summed E-state index contributed by atoms with van der Waals surface area (Å²) in [6.45, 7) is 3.71. The summed E-state index contributed by atoms with van der Waals surface area (Å²) in [6, 6.07) is 7.37. The molecule has 1 saturated carbocycles. The first kappa shape index (κ1) is 24.0. The predicted octanol–water partition coefficient (Wildman–Crippen LogP) is 4.18. The lowest BCUT2D eigenvalue weighted by molar-refractivity contribution is -0.151. The molecule has 1 fully saturated rings. The first-order valence-electron chi connectivity index (χ1n) is 12.0. The Bertz CT molecular complexity index is 1050. The van der Waals surface area contributed by atoms with Crippen molar-refractivity contribution < 1.29 is 28.6 Å². The summed E-state index contributed by atoms with van der Waals surface area (Å²) < 4.78 is 16.5. The fourth-order valence-corrected chi connectivity index (χ4v) is 5.56. The summed E-state index contributed by atoms with van der Waals surface area (Å²) in [7, 11) is 2.86. The minimum atomic E-state index is -0.920. The molecule has 1 heterocycles. The van der Waals surface area contributed by atoms with Crippen LogP contribution in [0.4, 0.5) is 0 Å². The number of dihydropyridines is 1. The second-order valence-corrected chi connectivity index (χ2v) is 9.44. The maximum Gasteiger partial charge on any atom is 0.337 e. The molecular weight excluding hydrogens is 434 g/mol. The fourth-order valence-electron chi connectivity index (χ4n) is 5.56. The molecule has 0 spiro atoms. The molecule has 1 N–H and O–H groups in total. The smallest absolute Gasteiger partial charge is 0.337 e. The molecule has 1 aromatic carbocycles. The molecule has 0 amide bonds. The number of carbonyl (C=O) groups excluding carboxylic acids is 3. The van der Waals surface area contributed by atoms with Crippen molar-refractivity contribution in [3.8, 4) is 5.75 Å². The van der Waals surface area contributed by atoms with Crippen molar-refractivity contribution in [2.45, 2.75) is 64.4 Å². The van der Waals surface area contributed by atoms with Crippen LogP contribution in [0.1, 0.15) is 63.9 Å². The molecule has 7 heteroatoms. The van der Waals surface area contributed by atoms with Gasteiger partial charge in [0.2, 0.25) is 0 Å². The maximum atomic E-state index is 13.8. The van der Waals surface area contributed by atoms with Gasteiger partial charge in [0.15, 0.2) is 5.78 Å². The third kappa shape index (κ3) is 4.36. The number of rotatable bonds is 5. The number of benzene rings is 1. The Morgan fingerprint density at radius 3 is 2.44 bits per heavy atom. The summed E-state index contributed by atoms with van der Waals surface area (Å²) >= 11 is 0. The predicted molar refractivity (Wildman–Crippen MR) is 126 cm³/mol. The Morgan fingerprint density at radius 1 is 1.06 bits per heavy atom. The van der Waals surface area contributed by atoms with Gasteiger partial charge in [-0.15, -0.1) is 0 Å². The van der Waals surface area contributed by atoms with Crippen LogP contribution in [-0.2, 0) is 23.9 Å². The zero-order chi connectivity index (χ0) is 24.4. The van der Waals surface area contributed by atoms with Crippen LogP contribution >= 0.6 is 0 Å². The zero-order valence-electron chi connectivity index (χ0n) is 20.3. The molecule has 3 aliphatic rings. The Balaban J connectivity index is 1.82. The average molecular weight is 468 g/mol. The molecule has 2 aliphatic carbocycles. The number of hydrogen-bond acceptors (Lipinski definition) is 7. The van der Waals surface area contributed by atoms with E-state index in [0.29, 0.717) is 34.6 Å². The van der Waals surface area contributed by atoms with Crippen molar-refractivity contribution in [3.63, 3.8) is 0 Å². The van der Waals surface area contributed by atoms with E-state index in [4.69, 9.17) is 14.2 Å². The number of nitrogens with one attached hydrogen (secondary N) is 1. The van der Waals surface area contributed by atoms with E-state index in [1.807, 2.05) is 38.1 Å². The summed E-state index contributed by atoms with van der Waals surface area (Å²) in [4.78, 5) is 40.0. The highest BCUT2D eigenvalue weighted by molar-refractivity contribution is 6.12. The third-order valence-corrected chi connectivity index (χ3v) is 7.24. The minimum Gasteiger partial charge on any atom is -0.496 e. The average Bonchev–Trinajstić information content (AvgIpc) is 2.83. The quantitative estimate of drug-likeness (QED) is 0.513. The largest absolute Gasteiger partial charge is 0.496 e. The van der Waals surface area contributed by atoms with Crippen LogP contribution in [0.5, 0.6) is 5.75 Å². The molecular formula is C27H33NO6. The van der Waals surface area contributed by atoms with Crippen molar-refractivity contribution in [2.75, 3.05) is 14.2 Å². The normalized spacial score (nSPS) is 25.4. The molecule has 7 nitrogen and oxygen atoms in total. The monoisotopic (exact) mass is 467 g/mol. The van der Waals surface area contributed by atoms with Gasteiger partial charge in [0, 0.05) is 22.5 Å². The lowest BCUT2D eigenvalue weighted by Gasteiger charge is -2.38. The Morgan fingerprint density at radius 2 is 1.76 bits per heavy atom. The molecule has 0 saturated heterocycles. The van der Waals surface area contributed by atoms with Gasteiger partial charge in [-0.2, -0.15) is 0 Å². The van der Waals surface area contributed by atoms with Gasteiger partial charge in [-0.1, -0.05) is 31.5 Å². The highest BCUT2D eigenvalue weighted by Gasteiger charge is 2.48. The maximum absolute atomic E-state index is 13.8. The van der Waals surface area contributed by atoms with E-state index in [0.717, 1.165) is 37.8 Å². The molecule has 4 rings (SSSR count). The second-order valence-electron chi connectivity index (χ2n) is 9.44. The highest BCUT2D eigenvalue weighted by Crippen LogP contribution is 2.47. The van der Waals surface area contributed by atoms with Gasteiger partial charge in [0.1, 0.15) is 17.8 Å². The summed E-state index contributed by atoms with van der Waals surface area (Å²) in [5.41, 5.74) is 2.90. The molecule has 182 valence electrons. The number of Topliss-reactive ketones (excluding diaryl/α,β-unsaturated/α-hetero) is 1. The Kier molecular flexibility index (Phi) is 7.10. The summed E-state index contributed by atoms with van der Waals surface area (Å²) in [5, 5.41) is 3.31. The lowest BCUT2D eigenvalue weighted by Crippen LogP contribution is -2.43. The molecule has 34 heavy (non-hydrogen) atoms. The number of esters is 2. The van der Waals surface area contributed by atoms with Gasteiger partial charge in [0.05, 0.1) is 25.7 Å². The van der Waals surface area contributed by atoms with Crippen LogP contribution in [0.3, 0.4) is 0 Å². The van der Waals surface area contributed by atoms with Crippen LogP contribution in [0.25, 0.3) is 0 Å². The summed E-state index contributed by atoms with van der Waals surface area (Å²) in [5.74, 6) is -2.58. The van der Waals surface area contributed by atoms with Gasteiger partial charge < -0.3 is 19.5 Å². The van der Waals surface area contributed by atoms with Gasteiger partial charge in [0.25, 0.3) is 0 Å². The number of hydrogen-bond donors (Lipinski definition) is 1. The Labute approximate surface area is 200 Å². The van der Waals surface area contributed by atoms with Crippen LogP contribution < -0.4 is 10.1 Å². The van der Waals surface area contributed by atoms with Gasteiger partial charge in [-0.25, -0.2) is 4.79 Å². The minimum absolute atomic E-state index is 0.125. The van der Waals surface area contributed by atoms with Crippen LogP contribution in [0.15, 0.2) is 46.8 Å². The van der Waals surface area contributed by atoms with Crippen LogP contribution in [0.2, 0.25) is 0 Å². The van der Waals surface area contributed by atoms with Crippen molar-refractivity contribution in [1.82, 2.24) is 5.32 Å². The van der Waals surface area contributed by atoms with Crippen molar-refractivity contribution in [2.24, 2.45) is 11.8 Å². The number of carbonyl (C=O) groups is 3. The molecule has 0 radical (unpaired) electrons. The second kappa shape index (κ2) is 10.0. The van der Waals surface area contributed by atoms with Crippen molar-refractivity contribution >= 4 is 17.7 Å². The van der Waals surface area contributed by atoms with Gasteiger partial charge >= 0.3 is 11.9 Å². The fraction of sp³-hybridized carbons (Fsp3) is 0.519. The van der Waals surface area contributed by atoms with Crippen molar-refractivity contribution in [3.05, 3.63) is 52.4 Å². The molecule has 1 aliphatic heterocycles. The molecule has 0 bridgehead atoms. The summed E-state index contributed by atoms with van der Waals surface area (Å²) in [6.07, 6.45) is 5.29. The first-order chi connectivity index (χ1) is 16.4. The van der Waals surface area contributed by atoms with Gasteiger partial charge in [-0.05, 0) is 51.0 Å². The van der Waals surface area contributed by atoms with E-state index >= 15 is 0 Å². The lowest BCUT2D eigenvalue weighted by atomic mass is 9.69. The van der Waals surface area contributed by atoms with E-state index in [-0.39, 0.29) is 17.8 Å². The number of ketones is 1. The van der Waals surface area contributed by atoms with E-state index < -0.39 is 23.8 Å². The number of allylic oxidation sites excluding steroid dienone is 3.